The standard InChI is InChI=1S/2C12H25NO2.2C12H25NO.C11H23N.3C10H21NO.C10H21N.C9H19NO/c1-12(2,3)15-9-11(14)7-10-5-6-13(4)8-10;1-12(2,3)15-9-11(14)8-10-6-5-7-13(10)4;1-12(2,3)14-10-6-8-11-7-5-9-13(11)4;1-12(2,3)14-9-5-6-11-7-8-13(4)10-11;1-11(2,3)7-5-10-6-8-12(4)9-10;2*1-10(2,3)12-8-9-5-6-11(4)7-9;1-10(2,3)12-8-9-6-5-7-11(9)4;1-10(2,3)6-5-9-7-11(4)8-9;1-9(2,3)11-7-8-5-10(4)6-8/h2*10-11,14H,5-9H2,1-4H3;2*11H,5-10H2,1-4H3;10H,5-9H2,1-4H3;3*9H,5-8H2,1-4H3;9H,5-8H2,1-4H3;8H,5-7H2,1-4H3. The van der Waals surface area contributed by atoms with Gasteiger partial charge in [-0.15, -0.1) is 0 Å². The fraction of sp³-hybridized carbons (Fsp3) is 1.00. The van der Waals surface area contributed by atoms with E-state index in [1.165, 1.54) is 214 Å². The zero-order valence-corrected chi connectivity index (χ0v) is 93.1. The van der Waals surface area contributed by atoms with Crippen molar-refractivity contribution in [2.45, 2.75) is 418 Å². The van der Waals surface area contributed by atoms with E-state index in [1.807, 2.05) is 41.5 Å². The molecule has 768 valence electrons. The molecular formula is C108H226N10O10. The largest absolute Gasteiger partial charge is 0.391 e. The molecule has 2 N–H and O–H groups in total. The Morgan fingerprint density at radius 3 is 0.812 bits per heavy atom. The SMILES string of the molecule is CN1CC(CCC(C)(C)C)C1.CN1CC(COC(C)(C)C)C1.CN1CCC(CC(O)COC(C)(C)C)C1.CN1CCC(CCC(C)(C)C)C1.CN1CCC(CCCOC(C)(C)C)C1.CN1CCC(COC(C)(C)C)C1.CN1CCC(COC(C)(C)C)C1.CN1CCCC1CC(O)COC(C)(C)C.CN1CCCC1CCCOC(C)(C)C.CN1CCCC1COC(C)(C)C. The van der Waals surface area contributed by atoms with Gasteiger partial charge in [0.15, 0.2) is 0 Å². The van der Waals surface area contributed by atoms with E-state index in [2.05, 4.69) is 286 Å². The Hall–Kier alpha value is -0.800. The lowest BCUT2D eigenvalue weighted by Gasteiger charge is -2.37. The Morgan fingerprint density at radius 1 is 0.242 bits per heavy atom. The molecule has 10 saturated heterocycles. The van der Waals surface area contributed by atoms with Crippen molar-refractivity contribution in [3.05, 3.63) is 0 Å². The average Bonchev–Trinajstić information content (AvgIpc) is 1.65. The lowest BCUT2D eigenvalue weighted by molar-refractivity contribution is -0.0545. The van der Waals surface area contributed by atoms with Crippen LogP contribution in [0.15, 0.2) is 0 Å². The number of rotatable bonds is 28. The summed E-state index contributed by atoms with van der Waals surface area (Å²) in [6.07, 6.45) is 26.2. The summed E-state index contributed by atoms with van der Waals surface area (Å²) in [5.41, 5.74) is 0.944. The summed E-state index contributed by atoms with van der Waals surface area (Å²) in [6, 6.07) is 2.02. The van der Waals surface area contributed by atoms with Gasteiger partial charge in [-0.2, -0.15) is 0 Å². The monoisotopic (exact) mass is 1820 g/mol. The fourth-order valence-electron chi connectivity index (χ4n) is 17.5. The van der Waals surface area contributed by atoms with Gasteiger partial charge in [0.2, 0.25) is 0 Å². The number of likely N-dealkylation sites (tertiary alicyclic amines) is 10. The molecule has 0 bridgehead atoms. The zero-order valence-electron chi connectivity index (χ0n) is 93.1. The predicted molar refractivity (Wildman–Crippen MR) is 550 cm³/mol. The topological polar surface area (TPSA) is 147 Å². The Labute approximate surface area is 797 Å². The third-order valence-electron chi connectivity index (χ3n) is 25.4. The highest BCUT2D eigenvalue weighted by Crippen LogP contribution is 2.32. The Bertz CT molecular complexity index is 2580. The van der Waals surface area contributed by atoms with Gasteiger partial charge >= 0.3 is 0 Å². The van der Waals surface area contributed by atoms with Gasteiger partial charge in [-0.3, -0.25) is 0 Å². The quantitative estimate of drug-likeness (QED) is 0.0715. The second-order valence-corrected chi connectivity index (χ2v) is 51.8. The van der Waals surface area contributed by atoms with Crippen LogP contribution in [0.5, 0.6) is 0 Å². The second-order valence-electron chi connectivity index (χ2n) is 51.8. The summed E-state index contributed by atoms with van der Waals surface area (Å²) in [4.78, 5) is 23.9. The summed E-state index contributed by atoms with van der Waals surface area (Å²) in [5.74, 6) is 5.84. The molecule has 0 aromatic carbocycles. The summed E-state index contributed by atoms with van der Waals surface area (Å²) in [7, 11) is 21.8. The minimum atomic E-state index is -0.324. The second kappa shape index (κ2) is 61.6. The Kier molecular flexibility index (Phi) is 60.3. The van der Waals surface area contributed by atoms with E-state index >= 15 is 0 Å². The maximum Gasteiger partial charge on any atom is 0.0788 e. The molecule has 10 heterocycles. The predicted octanol–water partition coefficient (Wildman–Crippen LogP) is 20.3. The van der Waals surface area contributed by atoms with Gasteiger partial charge in [0.05, 0.1) is 96.7 Å². The maximum atomic E-state index is 9.84. The smallest absolute Gasteiger partial charge is 0.0788 e. The van der Waals surface area contributed by atoms with Crippen LogP contribution in [-0.4, -0.2) is 369 Å². The van der Waals surface area contributed by atoms with Crippen molar-refractivity contribution in [3.8, 4) is 0 Å². The lowest BCUT2D eigenvalue weighted by atomic mass is 9.84. The van der Waals surface area contributed by atoms with Crippen molar-refractivity contribution in [1.29, 1.82) is 0 Å². The van der Waals surface area contributed by atoms with Crippen LogP contribution in [0.1, 0.15) is 343 Å². The molecule has 0 aromatic rings. The highest BCUT2D eigenvalue weighted by atomic mass is 16.5. The van der Waals surface area contributed by atoms with E-state index in [-0.39, 0.29) is 57.0 Å². The van der Waals surface area contributed by atoms with Crippen LogP contribution < -0.4 is 0 Å². The van der Waals surface area contributed by atoms with E-state index in [4.69, 9.17) is 37.9 Å². The molecule has 0 amide bonds. The van der Waals surface area contributed by atoms with Crippen LogP contribution in [-0.2, 0) is 37.9 Å². The third-order valence-corrected chi connectivity index (χ3v) is 25.4. The lowest BCUT2D eigenvalue weighted by Crippen LogP contribution is -2.46. The Morgan fingerprint density at radius 2 is 0.508 bits per heavy atom. The van der Waals surface area contributed by atoms with Crippen molar-refractivity contribution >= 4 is 0 Å². The van der Waals surface area contributed by atoms with E-state index in [0.717, 1.165) is 114 Å². The van der Waals surface area contributed by atoms with E-state index in [0.29, 0.717) is 42.0 Å². The van der Waals surface area contributed by atoms with Gasteiger partial charge in [0.25, 0.3) is 0 Å². The van der Waals surface area contributed by atoms with E-state index < -0.39 is 0 Å². The molecular weight excluding hydrogens is 1600 g/mol. The number of ether oxygens (including phenoxy) is 8. The highest BCUT2D eigenvalue weighted by molar-refractivity contribution is 4.85. The fourth-order valence-corrected chi connectivity index (χ4v) is 17.5. The molecule has 10 unspecified atom stereocenters. The number of aliphatic hydroxyl groups excluding tert-OH is 2. The van der Waals surface area contributed by atoms with Gasteiger partial charge in [-0.25, -0.2) is 0 Å². The summed E-state index contributed by atoms with van der Waals surface area (Å²) in [6.45, 7) is 91.7. The molecule has 0 aliphatic carbocycles. The van der Waals surface area contributed by atoms with Crippen LogP contribution in [0.25, 0.3) is 0 Å². The molecule has 20 heteroatoms. The van der Waals surface area contributed by atoms with Crippen LogP contribution in [0.3, 0.4) is 0 Å². The van der Waals surface area contributed by atoms with Crippen molar-refractivity contribution in [2.75, 3.05) is 235 Å². The summed E-state index contributed by atoms with van der Waals surface area (Å²) >= 11 is 0. The maximum absolute atomic E-state index is 9.84. The van der Waals surface area contributed by atoms with Crippen molar-refractivity contribution < 1.29 is 48.1 Å². The van der Waals surface area contributed by atoms with Crippen LogP contribution >= 0.6 is 0 Å². The number of hydrogen-bond acceptors (Lipinski definition) is 20. The van der Waals surface area contributed by atoms with Gasteiger partial charge in [-0.1, -0.05) is 41.5 Å². The molecule has 0 saturated carbocycles. The molecule has 20 nitrogen and oxygen atoms in total. The first-order valence-corrected chi connectivity index (χ1v) is 51.9. The molecule has 10 aliphatic heterocycles. The van der Waals surface area contributed by atoms with Crippen LogP contribution in [0, 0.1) is 52.3 Å². The highest BCUT2D eigenvalue weighted by Gasteiger charge is 2.32. The zero-order chi connectivity index (χ0) is 97.9. The third kappa shape index (κ3) is 73.4. The minimum absolute atomic E-state index is 0.0173. The molecule has 0 radical (unpaired) electrons. The number of likely N-dealkylation sites (N-methyl/N-ethyl adjacent to an activating group) is 1. The molecule has 0 aromatic heterocycles. The first-order valence-electron chi connectivity index (χ1n) is 51.9. The van der Waals surface area contributed by atoms with Crippen molar-refractivity contribution in [2.24, 2.45) is 52.3 Å². The van der Waals surface area contributed by atoms with Gasteiger partial charge in [0, 0.05) is 96.2 Å². The summed E-state index contributed by atoms with van der Waals surface area (Å²) in [5, 5.41) is 19.7. The molecule has 10 rings (SSSR count). The number of nitrogens with zero attached hydrogens (tertiary/aromatic N) is 10. The van der Waals surface area contributed by atoms with Gasteiger partial charge in [0.1, 0.15) is 0 Å². The van der Waals surface area contributed by atoms with E-state index in [1.54, 1.807) is 0 Å². The molecule has 0 spiro atoms. The van der Waals surface area contributed by atoms with Gasteiger partial charge in [-0.05, 0) is 470 Å². The van der Waals surface area contributed by atoms with Crippen LogP contribution in [0.4, 0.5) is 0 Å². The molecule has 10 fully saturated rings. The molecule has 128 heavy (non-hydrogen) atoms. The molecule has 10 atom stereocenters. The van der Waals surface area contributed by atoms with Gasteiger partial charge < -0.3 is 97.1 Å². The van der Waals surface area contributed by atoms with Crippen LogP contribution in [0.2, 0.25) is 0 Å². The van der Waals surface area contributed by atoms with Crippen molar-refractivity contribution in [3.63, 3.8) is 0 Å². The summed E-state index contributed by atoms with van der Waals surface area (Å²) < 4.78 is 45.4. The Balaban J connectivity index is 0.000000712. The number of aliphatic hydroxyl groups is 2. The molecule has 10 aliphatic rings. The van der Waals surface area contributed by atoms with Crippen molar-refractivity contribution in [1.82, 2.24) is 49.0 Å². The minimum Gasteiger partial charge on any atom is -0.391 e. The average molecular weight is 1830 g/mol. The first-order chi connectivity index (χ1) is 58.6. The normalized spacial score (nSPS) is 25.1. The number of hydrogen-bond donors (Lipinski definition) is 2. The van der Waals surface area contributed by atoms with E-state index in [9.17, 15) is 10.2 Å². The first kappa shape index (κ1) is 125.